The topological polar surface area (TPSA) is 20.2 Å². The summed E-state index contributed by atoms with van der Waals surface area (Å²) in [6.07, 6.45) is -3.31. The van der Waals surface area contributed by atoms with E-state index in [4.69, 9.17) is 11.6 Å². The van der Waals surface area contributed by atoms with Crippen molar-refractivity contribution in [3.8, 4) is 0 Å². The maximum absolute atomic E-state index is 12.5. The zero-order chi connectivity index (χ0) is 13.4. The number of thiophene rings is 1. The minimum atomic E-state index is -4.13. The van der Waals surface area contributed by atoms with E-state index in [-0.39, 0.29) is 25.7 Å². The molecule has 1 N–H and O–H groups in total. The molecular formula is C12H14ClF3OS. The van der Waals surface area contributed by atoms with Crippen molar-refractivity contribution in [1.29, 1.82) is 0 Å². The fraction of sp³-hybridized carbons (Fsp3) is 0.667. The van der Waals surface area contributed by atoms with Gasteiger partial charge in [0.25, 0.3) is 0 Å². The van der Waals surface area contributed by atoms with Gasteiger partial charge in [0, 0.05) is 11.3 Å². The summed E-state index contributed by atoms with van der Waals surface area (Å²) in [6, 6.07) is 3.56. The molecule has 1 heterocycles. The first kappa shape index (κ1) is 14.2. The average molecular weight is 299 g/mol. The Kier molecular flexibility index (Phi) is 3.95. The molecule has 0 radical (unpaired) electrons. The first-order valence-corrected chi connectivity index (χ1v) is 7.01. The lowest BCUT2D eigenvalue weighted by atomic mass is 9.76. The van der Waals surface area contributed by atoms with Crippen molar-refractivity contribution in [3.63, 3.8) is 0 Å². The van der Waals surface area contributed by atoms with Gasteiger partial charge in [-0.25, -0.2) is 0 Å². The molecule has 18 heavy (non-hydrogen) atoms. The second kappa shape index (κ2) is 5.02. The SMILES string of the molecule is OC1(Cc2ccc(Cl)s2)CCC(C(F)(F)F)CC1. The number of hydrogen-bond acceptors (Lipinski definition) is 2. The molecule has 0 amide bonds. The number of rotatable bonds is 2. The Morgan fingerprint density at radius 1 is 1.33 bits per heavy atom. The van der Waals surface area contributed by atoms with Crippen LogP contribution in [0.4, 0.5) is 13.2 Å². The molecule has 1 aliphatic carbocycles. The lowest BCUT2D eigenvalue weighted by Gasteiger charge is -2.36. The molecule has 0 bridgehead atoms. The minimum absolute atomic E-state index is 0.0130. The van der Waals surface area contributed by atoms with Gasteiger partial charge >= 0.3 is 6.18 Å². The van der Waals surface area contributed by atoms with Crippen molar-refractivity contribution in [2.75, 3.05) is 0 Å². The highest BCUT2D eigenvalue weighted by Gasteiger charge is 2.45. The molecule has 0 aromatic carbocycles. The molecule has 2 rings (SSSR count). The van der Waals surface area contributed by atoms with Gasteiger partial charge < -0.3 is 5.11 Å². The van der Waals surface area contributed by atoms with Crippen LogP contribution in [0.1, 0.15) is 30.6 Å². The van der Waals surface area contributed by atoms with Crippen LogP contribution in [0.25, 0.3) is 0 Å². The molecule has 1 aromatic heterocycles. The van der Waals surface area contributed by atoms with Crippen molar-refractivity contribution in [1.82, 2.24) is 0 Å². The van der Waals surface area contributed by atoms with E-state index < -0.39 is 17.7 Å². The normalized spacial score (nSPS) is 29.5. The van der Waals surface area contributed by atoms with Crippen molar-refractivity contribution in [2.45, 2.75) is 43.9 Å². The third kappa shape index (κ3) is 3.39. The van der Waals surface area contributed by atoms with Crippen molar-refractivity contribution >= 4 is 22.9 Å². The average Bonchev–Trinajstić information content (AvgIpc) is 2.62. The summed E-state index contributed by atoms with van der Waals surface area (Å²) in [5.41, 5.74) is -1.00. The van der Waals surface area contributed by atoms with Crippen LogP contribution < -0.4 is 0 Å². The minimum Gasteiger partial charge on any atom is -0.390 e. The number of aliphatic hydroxyl groups is 1. The molecule has 1 aromatic rings. The van der Waals surface area contributed by atoms with Crippen LogP contribution in [-0.2, 0) is 6.42 Å². The Labute approximate surface area is 113 Å². The second-order valence-electron chi connectivity index (χ2n) is 4.92. The molecular weight excluding hydrogens is 285 g/mol. The third-order valence-electron chi connectivity index (χ3n) is 3.51. The standard InChI is InChI=1S/C12H14ClF3OS/c13-10-2-1-9(18-10)7-11(17)5-3-8(4-6-11)12(14,15)16/h1-2,8,17H,3-7H2. The highest BCUT2D eigenvalue weighted by Crippen LogP contribution is 2.42. The van der Waals surface area contributed by atoms with Crippen LogP contribution in [0.15, 0.2) is 12.1 Å². The van der Waals surface area contributed by atoms with E-state index >= 15 is 0 Å². The maximum atomic E-state index is 12.5. The molecule has 102 valence electrons. The molecule has 1 nitrogen and oxygen atoms in total. The van der Waals surface area contributed by atoms with E-state index in [1.807, 2.05) is 6.07 Å². The summed E-state index contributed by atoms with van der Waals surface area (Å²) >= 11 is 7.16. The molecule has 1 aliphatic rings. The lowest BCUT2D eigenvalue weighted by molar-refractivity contribution is -0.192. The Hall–Kier alpha value is -0.260. The Balaban J connectivity index is 1.95. The van der Waals surface area contributed by atoms with Gasteiger partial charge in [-0.3, -0.25) is 0 Å². The summed E-state index contributed by atoms with van der Waals surface area (Å²) in [4.78, 5) is 0.924. The molecule has 0 atom stereocenters. The molecule has 0 aliphatic heterocycles. The second-order valence-corrected chi connectivity index (χ2v) is 6.72. The van der Waals surface area contributed by atoms with Gasteiger partial charge in [0.05, 0.1) is 15.9 Å². The largest absolute Gasteiger partial charge is 0.391 e. The first-order valence-electron chi connectivity index (χ1n) is 5.82. The Morgan fingerprint density at radius 2 is 1.94 bits per heavy atom. The highest BCUT2D eigenvalue weighted by molar-refractivity contribution is 7.16. The van der Waals surface area contributed by atoms with E-state index in [2.05, 4.69) is 0 Å². The Bertz CT molecular complexity index is 408. The summed E-state index contributed by atoms with van der Waals surface area (Å²) in [5, 5.41) is 10.3. The molecule has 0 unspecified atom stereocenters. The zero-order valence-electron chi connectivity index (χ0n) is 9.63. The van der Waals surface area contributed by atoms with Gasteiger partial charge in [0.15, 0.2) is 0 Å². The van der Waals surface area contributed by atoms with Crippen LogP contribution in [0.2, 0.25) is 4.34 Å². The van der Waals surface area contributed by atoms with E-state index in [0.29, 0.717) is 10.8 Å². The van der Waals surface area contributed by atoms with Crippen LogP contribution in [-0.4, -0.2) is 16.9 Å². The number of halogens is 4. The molecule has 0 saturated heterocycles. The first-order chi connectivity index (χ1) is 8.28. The Morgan fingerprint density at radius 3 is 2.39 bits per heavy atom. The number of alkyl halides is 3. The van der Waals surface area contributed by atoms with Gasteiger partial charge in [-0.1, -0.05) is 11.6 Å². The maximum Gasteiger partial charge on any atom is 0.391 e. The van der Waals surface area contributed by atoms with Crippen LogP contribution in [0, 0.1) is 5.92 Å². The van der Waals surface area contributed by atoms with E-state index in [9.17, 15) is 18.3 Å². The summed E-state index contributed by atoms with van der Waals surface area (Å²) in [7, 11) is 0. The van der Waals surface area contributed by atoms with Gasteiger partial charge in [0.1, 0.15) is 0 Å². The van der Waals surface area contributed by atoms with Gasteiger partial charge in [0.2, 0.25) is 0 Å². The quantitative estimate of drug-likeness (QED) is 0.856. The van der Waals surface area contributed by atoms with Gasteiger partial charge in [-0.15, -0.1) is 11.3 Å². The fourth-order valence-electron chi connectivity index (χ4n) is 2.43. The van der Waals surface area contributed by atoms with Crippen molar-refractivity contribution in [3.05, 3.63) is 21.3 Å². The van der Waals surface area contributed by atoms with Crippen molar-refractivity contribution in [2.24, 2.45) is 5.92 Å². The van der Waals surface area contributed by atoms with Gasteiger partial charge in [-0.2, -0.15) is 13.2 Å². The monoisotopic (exact) mass is 298 g/mol. The predicted octanol–water partition coefficient (Wildman–Crippen LogP) is 4.43. The predicted molar refractivity (Wildman–Crippen MR) is 66.0 cm³/mol. The summed E-state index contributed by atoms with van der Waals surface area (Å²) in [6.45, 7) is 0. The van der Waals surface area contributed by atoms with Crippen LogP contribution in [0.5, 0.6) is 0 Å². The van der Waals surface area contributed by atoms with E-state index in [1.165, 1.54) is 11.3 Å². The van der Waals surface area contributed by atoms with Crippen LogP contribution in [0.3, 0.4) is 0 Å². The molecule has 1 saturated carbocycles. The molecule has 0 spiro atoms. The van der Waals surface area contributed by atoms with E-state index in [0.717, 1.165) is 4.88 Å². The van der Waals surface area contributed by atoms with Crippen LogP contribution >= 0.6 is 22.9 Å². The summed E-state index contributed by atoms with van der Waals surface area (Å²) in [5.74, 6) is -1.26. The highest BCUT2D eigenvalue weighted by atomic mass is 35.5. The fourth-order valence-corrected chi connectivity index (χ4v) is 3.65. The third-order valence-corrected chi connectivity index (χ3v) is 4.74. The van der Waals surface area contributed by atoms with Gasteiger partial charge in [-0.05, 0) is 37.8 Å². The number of hydrogen-bond donors (Lipinski definition) is 1. The molecule has 1 fully saturated rings. The van der Waals surface area contributed by atoms with E-state index in [1.54, 1.807) is 6.07 Å². The molecule has 6 heteroatoms. The smallest absolute Gasteiger partial charge is 0.390 e. The zero-order valence-corrected chi connectivity index (χ0v) is 11.2. The summed E-state index contributed by atoms with van der Waals surface area (Å²) < 4.78 is 38.2. The lowest BCUT2D eigenvalue weighted by Crippen LogP contribution is -2.39. The van der Waals surface area contributed by atoms with Crippen molar-refractivity contribution < 1.29 is 18.3 Å².